The average molecular weight is 318 g/mol. The average Bonchev–Trinajstić information content (AvgIpc) is 2.54. The molecule has 0 saturated carbocycles. The predicted molar refractivity (Wildman–Crippen MR) is 90.3 cm³/mol. The van der Waals surface area contributed by atoms with E-state index in [2.05, 4.69) is 23.5 Å². The van der Waals surface area contributed by atoms with Crippen LogP contribution in [0.25, 0.3) is 0 Å². The van der Waals surface area contributed by atoms with Gasteiger partial charge in [-0.05, 0) is 42.9 Å². The Morgan fingerprint density at radius 1 is 0.909 bits per heavy atom. The molecule has 1 N–H and O–H groups in total. The normalized spacial score (nSPS) is 11.6. The molecule has 0 atom stereocenters. The molecular weight excluding hydrogens is 296 g/mol. The molecule has 22 heavy (non-hydrogen) atoms. The Bertz CT molecular complexity index is 678. The smallest absolute Gasteiger partial charge is 0.261 e. The van der Waals surface area contributed by atoms with Crippen molar-refractivity contribution in [3.8, 4) is 0 Å². The van der Waals surface area contributed by atoms with Crippen molar-refractivity contribution in [3.63, 3.8) is 0 Å². The molecule has 0 heterocycles. The van der Waals surface area contributed by atoms with Crippen molar-refractivity contribution in [2.45, 2.75) is 25.3 Å². The van der Waals surface area contributed by atoms with Crippen molar-refractivity contribution in [1.29, 1.82) is 0 Å². The first kappa shape index (κ1) is 16.5. The number of nitrogens with zero attached hydrogens (tertiary/aromatic N) is 1. The number of benzene rings is 2. The summed E-state index contributed by atoms with van der Waals surface area (Å²) < 4.78 is 27.1. The van der Waals surface area contributed by atoms with Gasteiger partial charge in [0.2, 0.25) is 0 Å². The van der Waals surface area contributed by atoms with Gasteiger partial charge in [-0.25, -0.2) is 8.42 Å². The van der Waals surface area contributed by atoms with Crippen LogP contribution in [0.4, 0.5) is 5.69 Å². The molecule has 2 aromatic rings. The van der Waals surface area contributed by atoms with Gasteiger partial charge in [0.25, 0.3) is 10.0 Å². The zero-order valence-electron chi connectivity index (χ0n) is 13.0. The quantitative estimate of drug-likeness (QED) is 0.852. The zero-order chi connectivity index (χ0) is 16.0. The van der Waals surface area contributed by atoms with Crippen molar-refractivity contribution in [2.75, 3.05) is 17.8 Å². The van der Waals surface area contributed by atoms with Gasteiger partial charge in [0.1, 0.15) is 0 Å². The lowest BCUT2D eigenvalue weighted by atomic mass is 10.2. The van der Waals surface area contributed by atoms with E-state index in [0.717, 1.165) is 19.6 Å². The molecule has 5 heteroatoms. The summed E-state index contributed by atoms with van der Waals surface area (Å²) in [6.07, 6.45) is 0. The van der Waals surface area contributed by atoms with Crippen LogP contribution in [-0.4, -0.2) is 26.4 Å². The SMILES string of the molecule is CCN(CC)Cc1ccc(NS(=O)(=O)c2ccccc2)cc1. The van der Waals surface area contributed by atoms with Crippen molar-refractivity contribution in [3.05, 3.63) is 60.2 Å². The van der Waals surface area contributed by atoms with E-state index in [9.17, 15) is 8.42 Å². The fourth-order valence-corrected chi connectivity index (χ4v) is 3.28. The van der Waals surface area contributed by atoms with Gasteiger partial charge >= 0.3 is 0 Å². The number of hydrogen-bond acceptors (Lipinski definition) is 3. The topological polar surface area (TPSA) is 49.4 Å². The molecule has 0 unspecified atom stereocenters. The van der Waals surface area contributed by atoms with Crippen molar-refractivity contribution in [2.24, 2.45) is 0 Å². The fourth-order valence-electron chi connectivity index (χ4n) is 2.20. The highest BCUT2D eigenvalue weighted by Crippen LogP contribution is 2.17. The van der Waals surface area contributed by atoms with Gasteiger partial charge in [0, 0.05) is 12.2 Å². The summed E-state index contributed by atoms with van der Waals surface area (Å²) in [5.41, 5.74) is 1.75. The van der Waals surface area contributed by atoms with Crippen molar-refractivity contribution < 1.29 is 8.42 Å². The molecule has 0 radical (unpaired) electrons. The minimum atomic E-state index is -3.52. The van der Waals surface area contributed by atoms with E-state index in [1.807, 2.05) is 12.1 Å². The lowest BCUT2D eigenvalue weighted by molar-refractivity contribution is 0.296. The largest absolute Gasteiger partial charge is 0.300 e. The standard InChI is InChI=1S/C17H22N2O2S/c1-3-19(4-2)14-15-10-12-16(13-11-15)18-22(20,21)17-8-6-5-7-9-17/h5-13,18H,3-4,14H2,1-2H3. The van der Waals surface area contributed by atoms with Gasteiger partial charge in [-0.15, -0.1) is 0 Å². The monoisotopic (exact) mass is 318 g/mol. The van der Waals surface area contributed by atoms with Crippen LogP contribution in [0.3, 0.4) is 0 Å². The van der Waals surface area contributed by atoms with Gasteiger partial charge in [0.15, 0.2) is 0 Å². The number of anilines is 1. The molecule has 2 rings (SSSR count). The van der Waals surface area contributed by atoms with E-state index in [4.69, 9.17) is 0 Å². The summed E-state index contributed by atoms with van der Waals surface area (Å²) in [6.45, 7) is 7.13. The van der Waals surface area contributed by atoms with Gasteiger partial charge < -0.3 is 0 Å². The van der Waals surface area contributed by atoms with Crippen molar-refractivity contribution >= 4 is 15.7 Å². The Kier molecular flexibility index (Phi) is 5.57. The van der Waals surface area contributed by atoms with E-state index in [-0.39, 0.29) is 4.90 Å². The van der Waals surface area contributed by atoms with Crippen LogP contribution >= 0.6 is 0 Å². The van der Waals surface area contributed by atoms with Crippen LogP contribution in [0.1, 0.15) is 19.4 Å². The van der Waals surface area contributed by atoms with Crippen LogP contribution in [0.5, 0.6) is 0 Å². The highest BCUT2D eigenvalue weighted by molar-refractivity contribution is 7.92. The Hall–Kier alpha value is -1.85. The first-order valence-electron chi connectivity index (χ1n) is 7.44. The minimum Gasteiger partial charge on any atom is -0.300 e. The third kappa shape index (κ3) is 4.32. The lowest BCUT2D eigenvalue weighted by Gasteiger charge is -2.18. The van der Waals surface area contributed by atoms with E-state index in [1.54, 1.807) is 42.5 Å². The maximum absolute atomic E-state index is 12.2. The molecular formula is C17H22N2O2S. The molecule has 0 spiro atoms. The second-order valence-corrected chi connectivity index (χ2v) is 6.76. The molecule has 0 aliphatic heterocycles. The Morgan fingerprint density at radius 3 is 2.05 bits per heavy atom. The summed E-state index contributed by atoms with van der Waals surface area (Å²) in [5.74, 6) is 0. The first-order valence-corrected chi connectivity index (χ1v) is 8.92. The van der Waals surface area contributed by atoms with E-state index < -0.39 is 10.0 Å². The van der Waals surface area contributed by atoms with Crippen molar-refractivity contribution in [1.82, 2.24) is 4.90 Å². The second kappa shape index (κ2) is 7.42. The maximum Gasteiger partial charge on any atom is 0.261 e. The van der Waals surface area contributed by atoms with Crippen LogP contribution in [0.15, 0.2) is 59.5 Å². The molecule has 0 aliphatic carbocycles. The highest BCUT2D eigenvalue weighted by atomic mass is 32.2. The third-order valence-corrected chi connectivity index (χ3v) is 4.96. The van der Waals surface area contributed by atoms with E-state index >= 15 is 0 Å². The first-order chi connectivity index (χ1) is 10.5. The van der Waals surface area contributed by atoms with Crippen LogP contribution in [0, 0.1) is 0 Å². The summed E-state index contributed by atoms with van der Waals surface area (Å²) in [6, 6.07) is 15.9. The summed E-state index contributed by atoms with van der Waals surface area (Å²) in [5, 5.41) is 0. The summed E-state index contributed by atoms with van der Waals surface area (Å²) in [4.78, 5) is 2.57. The van der Waals surface area contributed by atoms with Gasteiger partial charge in [0.05, 0.1) is 4.90 Å². The number of nitrogens with one attached hydrogen (secondary N) is 1. The molecule has 4 nitrogen and oxygen atoms in total. The maximum atomic E-state index is 12.2. The van der Waals surface area contributed by atoms with Gasteiger partial charge in [-0.3, -0.25) is 9.62 Å². The molecule has 118 valence electrons. The number of hydrogen-bond donors (Lipinski definition) is 1. The Balaban J connectivity index is 2.08. The molecule has 0 fully saturated rings. The summed E-state index contributed by atoms with van der Waals surface area (Å²) in [7, 11) is -3.52. The van der Waals surface area contributed by atoms with E-state index in [1.165, 1.54) is 5.56 Å². The second-order valence-electron chi connectivity index (χ2n) is 5.08. The van der Waals surface area contributed by atoms with Crippen LogP contribution in [-0.2, 0) is 16.6 Å². The predicted octanol–water partition coefficient (Wildman–Crippen LogP) is 3.33. The molecule has 0 aromatic heterocycles. The van der Waals surface area contributed by atoms with Crippen LogP contribution in [0.2, 0.25) is 0 Å². The fraction of sp³-hybridized carbons (Fsp3) is 0.294. The molecule has 0 aliphatic rings. The van der Waals surface area contributed by atoms with Gasteiger partial charge in [-0.2, -0.15) is 0 Å². The summed E-state index contributed by atoms with van der Waals surface area (Å²) >= 11 is 0. The van der Waals surface area contributed by atoms with E-state index in [0.29, 0.717) is 5.69 Å². The van der Waals surface area contributed by atoms with Gasteiger partial charge in [-0.1, -0.05) is 44.2 Å². The number of sulfonamides is 1. The zero-order valence-corrected chi connectivity index (χ0v) is 13.8. The number of rotatable bonds is 7. The van der Waals surface area contributed by atoms with Crippen LogP contribution < -0.4 is 4.72 Å². The lowest BCUT2D eigenvalue weighted by Crippen LogP contribution is -2.22. The minimum absolute atomic E-state index is 0.266. The Labute approximate surface area is 132 Å². The molecule has 0 bridgehead atoms. The molecule has 0 amide bonds. The molecule has 0 saturated heterocycles. The third-order valence-electron chi connectivity index (χ3n) is 3.56. The molecule has 2 aromatic carbocycles. The Morgan fingerprint density at radius 2 is 1.50 bits per heavy atom. The highest BCUT2D eigenvalue weighted by Gasteiger charge is 2.13.